The van der Waals surface area contributed by atoms with E-state index in [1.165, 1.54) is 11.1 Å². The number of aryl methyl sites for hydroxylation is 1. The molecule has 196 valence electrons. The molecule has 1 saturated heterocycles. The summed E-state index contributed by atoms with van der Waals surface area (Å²) in [4.78, 5) is 24.5. The van der Waals surface area contributed by atoms with Gasteiger partial charge in [0.05, 0.1) is 12.6 Å². The average Bonchev–Trinajstić information content (AvgIpc) is 3.40. The van der Waals surface area contributed by atoms with Gasteiger partial charge < -0.3 is 14.2 Å². The van der Waals surface area contributed by atoms with Gasteiger partial charge in [0.2, 0.25) is 11.8 Å². The molecule has 1 amide bonds. The van der Waals surface area contributed by atoms with Crippen molar-refractivity contribution in [3.05, 3.63) is 108 Å². The molecule has 6 heteroatoms. The van der Waals surface area contributed by atoms with E-state index in [-0.39, 0.29) is 18.5 Å². The van der Waals surface area contributed by atoms with Crippen LogP contribution in [0.5, 0.6) is 0 Å². The summed E-state index contributed by atoms with van der Waals surface area (Å²) in [6.45, 7) is 5.41. The van der Waals surface area contributed by atoms with Gasteiger partial charge in [-0.1, -0.05) is 97.9 Å². The highest BCUT2D eigenvalue weighted by molar-refractivity contribution is 5.83. The third-order valence-corrected chi connectivity index (χ3v) is 7.15. The van der Waals surface area contributed by atoms with Crippen LogP contribution in [0, 0.1) is 0 Å². The number of carbonyl (C=O) groups excluding carboxylic acids is 1. The van der Waals surface area contributed by atoms with Gasteiger partial charge in [0.25, 0.3) is 0 Å². The zero-order valence-electron chi connectivity index (χ0n) is 22.3. The molecule has 2 heterocycles. The van der Waals surface area contributed by atoms with Crippen LogP contribution in [0.25, 0.3) is 11.3 Å². The maximum absolute atomic E-state index is 13.4. The first kappa shape index (κ1) is 25.7. The first-order valence-electron chi connectivity index (χ1n) is 13.5. The minimum Gasteiger partial charge on any atom is -0.424 e. The van der Waals surface area contributed by atoms with Gasteiger partial charge in [-0.25, -0.2) is 4.98 Å². The number of aromatic nitrogens is 1. The lowest BCUT2D eigenvalue weighted by Gasteiger charge is -2.40. The molecule has 1 fully saturated rings. The van der Waals surface area contributed by atoms with Crippen molar-refractivity contribution < 1.29 is 9.21 Å². The van der Waals surface area contributed by atoms with Crippen LogP contribution >= 0.6 is 0 Å². The van der Waals surface area contributed by atoms with E-state index < -0.39 is 0 Å². The van der Waals surface area contributed by atoms with E-state index in [0.29, 0.717) is 24.9 Å². The summed E-state index contributed by atoms with van der Waals surface area (Å²) in [5.74, 6) is 1.47. The third-order valence-electron chi connectivity index (χ3n) is 7.15. The number of likely N-dealkylation sites (N-methyl/N-ethyl adjacent to an activating group) is 1. The molecule has 0 unspecified atom stereocenters. The monoisotopic (exact) mass is 508 g/mol. The van der Waals surface area contributed by atoms with E-state index in [2.05, 4.69) is 72.5 Å². The molecule has 6 nitrogen and oxygen atoms in total. The Morgan fingerprint density at radius 1 is 0.868 bits per heavy atom. The number of carbonyl (C=O) groups is 1. The molecule has 0 spiro atoms. The maximum atomic E-state index is 13.4. The Hall–Kier alpha value is -3.90. The SMILES string of the molecule is CCCc1nc(-c2ccccc2)c(N(C)CC(=O)N2CCN(C(c3ccccc3)c3ccccc3)CC2)o1. The summed E-state index contributed by atoms with van der Waals surface area (Å²) in [5.41, 5.74) is 4.34. The molecule has 5 rings (SSSR count). The Balaban J connectivity index is 1.27. The van der Waals surface area contributed by atoms with E-state index in [9.17, 15) is 4.79 Å². The molecule has 4 aromatic rings. The lowest BCUT2D eigenvalue weighted by Crippen LogP contribution is -2.51. The largest absolute Gasteiger partial charge is 0.424 e. The minimum absolute atomic E-state index is 0.107. The highest BCUT2D eigenvalue weighted by Gasteiger charge is 2.29. The second kappa shape index (κ2) is 12.1. The van der Waals surface area contributed by atoms with Crippen LogP contribution in [-0.4, -0.2) is 60.5 Å². The molecule has 3 aromatic carbocycles. The molecular formula is C32H36N4O2. The van der Waals surface area contributed by atoms with Crippen molar-refractivity contribution in [2.24, 2.45) is 0 Å². The number of anilines is 1. The van der Waals surface area contributed by atoms with Crippen molar-refractivity contribution in [1.82, 2.24) is 14.8 Å². The van der Waals surface area contributed by atoms with Gasteiger partial charge in [-0.15, -0.1) is 0 Å². The number of nitrogens with zero attached hydrogens (tertiary/aromatic N) is 4. The van der Waals surface area contributed by atoms with Crippen molar-refractivity contribution in [3.8, 4) is 11.3 Å². The zero-order valence-corrected chi connectivity index (χ0v) is 22.3. The van der Waals surface area contributed by atoms with Gasteiger partial charge in [-0.3, -0.25) is 9.69 Å². The maximum Gasteiger partial charge on any atom is 0.242 e. The van der Waals surface area contributed by atoms with Crippen LogP contribution in [0.2, 0.25) is 0 Å². The van der Waals surface area contributed by atoms with Crippen molar-refractivity contribution in [2.75, 3.05) is 44.7 Å². The molecule has 1 aromatic heterocycles. The molecule has 1 aliphatic heterocycles. The first-order chi connectivity index (χ1) is 18.6. The predicted molar refractivity (Wildman–Crippen MR) is 152 cm³/mol. The summed E-state index contributed by atoms with van der Waals surface area (Å²) >= 11 is 0. The van der Waals surface area contributed by atoms with Crippen LogP contribution in [0.4, 0.5) is 5.88 Å². The molecule has 0 aliphatic carbocycles. The smallest absolute Gasteiger partial charge is 0.242 e. The third kappa shape index (κ3) is 5.81. The van der Waals surface area contributed by atoms with E-state index in [0.717, 1.165) is 37.2 Å². The van der Waals surface area contributed by atoms with Crippen molar-refractivity contribution in [1.29, 1.82) is 0 Å². The van der Waals surface area contributed by atoms with Crippen LogP contribution < -0.4 is 4.90 Å². The Labute approximate surface area is 225 Å². The van der Waals surface area contributed by atoms with Gasteiger partial charge in [-0.05, 0) is 17.5 Å². The second-order valence-electron chi connectivity index (χ2n) is 9.87. The van der Waals surface area contributed by atoms with Crippen molar-refractivity contribution >= 4 is 11.8 Å². The summed E-state index contributed by atoms with van der Waals surface area (Å²) in [6.07, 6.45) is 1.72. The molecular weight excluding hydrogens is 472 g/mol. The number of piperazine rings is 1. The molecule has 38 heavy (non-hydrogen) atoms. The number of hydrogen-bond acceptors (Lipinski definition) is 5. The standard InChI is InChI=1S/C32H36N4O2/c1-3-13-28-33-30(25-14-7-4-8-15-25)32(38-28)34(2)24-29(37)35-20-22-36(23-21-35)31(26-16-9-5-10-17-26)27-18-11-6-12-19-27/h4-12,14-19,31H,3,13,20-24H2,1-2H3. The van der Waals surface area contributed by atoms with E-state index in [4.69, 9.17) is 9.40 Å². The Bertz CT molecular complexity index is 1260. The summed E-state index contributed by atoms with van der Waals surface area (Å²) in [7, 11) is 1.91. The quantitative estimate of drug-likeness (QED) is 0.292. The minimum atomic E-state index is 0.107. The Morgan fingerprint density at radius 2 is 1.42 bits per heavy atom. The van der Waals surface area contributed by atoms with Crippen LogP contribution in [-0.2, 0) is 11.2 Å². The summed E-state index contributed by atoms with van der Waals surface area (Å²) < 4.78 is 6.14. The topological polar surface area (TPSA) is 52.8 Å². The molecule has 0 atom stereocenters. The Morgan fingerprint density at radius 3 is 1.97 bits per heavy atom. The van der Waals surface area contributed by atoms with E-state index >= 15 is 0 Å². The second-order valence-corrected chi connectivity index (χ2v) is 9.87. The summed E-state index contributed by atoms with van der Waals surface area (Å²) in [6, 6.07) is 31.5. The van der Waals surface area contributed by atoms with Crippen molar-refractivity contribution in [2.45, 2.75) is 25.8 Å². The van der Waals surface area contributed by atoms with Gasteiger partial charge in [-0.2, -0.15) is 0 Å². The highest BCUT2D eigenvalue weighted by Crippen LogP contribution is 2.32. The molecule has 0 N–H and O–H groups in total. The number of rotatable bonds is 9. The van der Waals surface area contributed by atoms with Crippen LogP contribution in [0.1, 0.15) is 36.4 Å². The van der Waals surface area contributed by atoms with Crippen LogP contribution in [0.15, 0.2) is 95.4 Å². The lowest BCUT2D eigenvalue weighted by molar-refractivity contribution is -0.131. The zero-order chi connectivity index (χ0) is 26.3. The molecule has 0 radical (unpaired) electrons. The predicted octanol–water partition coefficient (Wildman–Crippen LogP) is 5.66. The number of oxazole rings is 1. The van der Waals surface area contributed by atoms with Gasteiger partial charge in [0, 0.05) is 45.2 Å². The highest BCUT2D eigenvalue weighted by atomic mass is 16.4. The number of benzene rings is 3. The fourth-order valence-electron chi connectivity index (χ4n) is 5.21. The van der Waals surface area contributed by atoms with Crippen LogP contribution in [0.3, 0.4) is 0 Å². The van der Waals surface area contributed by atoms with Gasteiger partial charge in [0.1, 0.15) is 5.69 Å². The van der Waals surface area contributed by atoms with Gasteiger partial charge in [0.15, 0.2) is 5.89 Å². The van der Waals surface area contributed by atoms with Gasteiger partial charge >= 0.3 is 0 Å². The molecule has 1 aliphatic rings. The van der Waals surface area contributed by atoms with E-state index in [1.54, 1.807) is 0 Å². The molecule has 0 bridgehead atoms. The average molecular weight is 509 g/mol. The molecule has 0 saturated carbocycles. The normalized spacial score (nSPS) is 14.1. The number of amides is 1. The van der Waals surface area contributed by atoms with E-state index in [1.807, 2.05) is 47.2 Å². The summed E-state index contributed by atoms with van der Waals surface area (Å²) in [5, 5.41) is 0. The lowest BCUT2D eigenvalue weighted by atomic mass is 9.96. The number of hydrogen-bond donors (Lipinski definition) is 0. The Kier molecular flexibility index (Phi) is 8.19. The van der Waals surface area contributed by atoms with Crippen molar-refractivity contribution in [3.63, 3.8) is 0 Å². The first-order valence-corrected chi connectivity index (χ1v) is 13.5. The fraction of sp³-hybridized carbons (Fsp3) is 0.312. The fourth-order valence-corrected chi connectivity index (χ4v) is 5.21.